The lowest BCUT2D eigenvalue weighted by Crippen LogP contribution is -2.33. The van der Waals surface area contributed by atoms with Gasteiger partial charge in [0.15, 0.2) is 5.13 Å². The third kappa shape index (κ3) is 2.79. The lowest BCUT2D eigenvalue weighted by molar-refractivity contribution is 0.0768. The molecule has 28 heavy (non-hydrogen) atoms. The number of hydrogen-bond donors (Lipinski definition) is 1. The Hall–Kier alpha value is -2.44. The predicted octanol–water partition coefficient (Wildman–Crippen LogP) is 3.56. The number of benzene rings is 2. The van der Waals surface area contributed by atoms with E-state index in [0.717, 1.165) is 29.9 Å². The van der Waals surface area contributed by atoms with Crippen molar-refractivity contribution < 1.29 is 4.79 Å². The zero-order valence-electron chi connectivity index (χ0n) is 16.1. The summed E-state index contributed by atoms with van der Waals surface area (Å²) in [6.45, 7) is 4.86. The van der Waals surface area contributed by atoms with Crippen LogP contribution in [0.15, 0.2) is 42.5 Å². The van der Waals surface area contributed by atoms with Crippen LogP contribution in [0.2, 0.25) is 0 Å². The van der Waals surface area contributed by atoms with E-state index in [-0.39, 0.29) is 5.91 Å². The Labute approximate surface area is 168 Å². The van der Waals surface area contributed by atoms with E-state index in [1.807, 2.05) is 23.1 Å². The monoisotopic (exact) mass is 392 g/mol. The number of nitrogens with two attached hydrogens (primary N) is 1. The molecule has 2 fully saturated rings. The van der Waals surface area contributed by atoms with Crippen LogP contribution in [0.3, 0.4) is 0 Å². The number of thiazole rings is 1. The molecular weight excluding hydrogens is 368 g/mol. The third-order valence-corrected chi connectivity index (χ3v) is 7.21. The average Bonchev–Trinajstić information content (AvgIpc) is 3.32. The summed E-state index contributed by atoms with van der Waals surface area (Å²) in [5.41, 5.74) is 10.0. The zero-order valence-corrected chi connectivity index (χ0v) is 16.9. The molecule has 0 saturated carbocycles. The van der Waals surface area contributed by atoms with Crippen LogP contribution < -0.4 is 5.73 Å². The summed E-state index contributed by atoms with van der Waals surface area (Å²) in [5.74, 6) is 1.11. The predicted molar refractivity (Wildman–Crippen MR) is 113 cm³/mol. The lowest BCUT2D eigenvalue weighted by atomic mass is 9.88. The second-order valence-electron chi connectivity index (χ2n) is 8.11. The molecule has 3 aromatic rings. The number of nitrogens with zero attached hydrogens (tertiary/aromatic N) is 3. The van der Waals surface area contributed by atoms with E-state index in [1.54, 1.807) is 0 Å². The third-order valence-electron chi connectivity index (χ3n) is 6.34. The molecule has 0 radical (unpaired) electrons. The van der Waals surface area contributed by atoms with Gasteiger partial charge in [-0.2, -0.15) is 0 Å². The van der Waals surface area contributed by atoms with Gasteiger partial charge in [0.05, 0.1) is 10.2 Å². The van der Waals surface area contributed by atoms with Crippen LogP contribution in [0.5, 0.6) is 0 Å². The Morgan fingerprint density at radius 2 is 2.00 bits per heavy atom. The van der Waals surface area contributed by atoms with Crippen molar-refractivity contribution in [1.29, 1.82) is 0 Å². The van der Waals surface area contributed by atoms with Gasteiger partial charge in [0.25, 0.3) is 5.91 Å². The highest BCUT2D eigenvalue weighted by atomic mass is 32.1. The van der Waals surface area contributed by atoms with Gasteiger partial charge in [0, 0.05) is 37.2 Å². The summed E-state index contributed by atoms with van der Waals surface area (Å²) in [5, 5.41) is 0.541. The Balaban J connectivity index is 1.40. The van der Waals surface area contributed by atoms with Gasteiger partial charge in [-0.3, -0.25) is 9.69 Å². The largest absolute Gasteiger partial charge is 0.375 e. The number of hydrogen-bond acceptors (Lipinski definition) is 5. The van der Waals surface area contributed by atoms with Gasteiger partial charge in [0.2, 0.25) is 0 Å². The van der Waals surface area contributed by atoms with Crippen molar-refractivity contribution in [1.82, 2.24) is 14.8 Å². The minimum Gasteiger partial charge on any atom is -0.375 e. The normalized spacial score (nSPS) is 24.8. The fourth-order valence-electron chi connectivity index (χ4n) is 5.07. The number of carbonyl (C=O) groups excluding carboxylic acids is 1. The molecule has 2 saturated heterocycles. The molecule has 3 atom stereocenters. The van der Waals surface area contributed by atoms with Crippen molar-refractivity contribution >= 4 is 32.6 Å². The standard InChI is InChI=1S/C22H24N4OS/c1-13-5-3-4-6-16(13)20-17-12-26(11-15(17)10-25(20)2)21(27)14-7-8-19-18(9-14)24-22(23)28-19/h3-9,15,17,20H,10-12H2,1-2H3,(H2,23,24)/t15-,17+,20+/m0/s1. The first-order valence-corrected chi connectivity index (χ1v) is 10.5. The molecule has 2 aromatic carbocycles. The van der Waals surface area contributed by atoms with Crippen LogP contribution in [0.25, 0.3) is 10.2 Å². The van der Waals surface area contributed by atoms with E-state index in [0.29, 0.717) is 28.6 Å². The first-order chi connectivity index (χ1) is 13.5. The van der Waals surface area contributed by atoms with Gasteiger partial charge in [0.1, 0.15) is 0 Å². The van der Waals surface area contributed by atoms with Crippen LogP contribution in [-0.4, -0.2) is 47.4 Å². The minimum absolute atomic E-state index is 0.106. The number of likely N-dealkylation sites (tertiary alicyclic amines) is 2. The summed E-state index contributed by atoms with van der Waals surface area (Å²) in [6, 6.07) is 14.8. The summed E-state index contributed by atoms with van der Waals surface area (Å²) in [6.07, 6.45) is 0. The molecule has 2 aliphatic heterocycles. The van der Waals surface area contributed by atoms with Crippen molar-refractivity contribution in [2.24, 2.45) is 11.8 Å². The van der Waals surface area contributed by atoms with E-state index >= 15 is 0 Å². The summed E-state index contributed by atoms with van der Waals surface area (Å²) in [7, 11) is 2.21. The molecule has 144 valence electrons. The van der Waals surface area contributed by atoms with Crippen molar-refractivity contribution in [3.63, 3.8) is 0 Å². The molecule has 0 unspecified atom stereocenters. The molecule has 2 aliphatic rings. The van der Waals surface area contributed by atoms with Crippen LogP contribution in [-0.2, 0) is 0 Å². The number of aromatic nitrogens is 1. The number of carbonyl (C=O) groups is 1. The van der Waals surface area contributed by atoms with Crippen molar-refractivity contribution in [3.05, 3.63) is 59.2 Å². The van der Waals surface area contributed by atoms with Gasteiger partial charge in [-0.1, -0.05) is 35.6 Å². The molecule has 0 bridgehead atoms. The van der Waals surface area contributed by atoms with E-state index in [9.17, 15) is 4.79 Å². The van der Waals surface area contributed by atoms with Crippen molar-refractivity contribution in [2.45, 2.75) is 13.0 Å². The molecule has 5 rings (SSSR count). The maximum absolute atomic E-state index is 13.2. The summed E-state index contributed by atoms with van der Waals surface area (Å²) < 4.78 is 1.02. The van der Waals surface area contributed by atoms with Gasteiger partial charge in [-0.15, -0.1) is 0 Å². The smallest absolute Gasteiger partial charge is 0.253 e. The maximum Gasteiger partial charge on any atom is 0.253 e. The van der Waals surface area contributed by atoms with E-state index in [4.69, 9.17) is 5.73 Å². The number of amides is 1. The SMILES string of the molecule is Cc1ccccc1[C@@H]1[C@@H]2CN(C(=O)c3ccc4sc(N)nc4c3)C[C@@H]2CN1C. The van der Waals surface area contributed by atoms with Crippen LogP contribution in [0, 0.1) is 18.8 Å². The first kappa shape index (κ1) is 17.6. The highest BCUT2D eigenvalue weighted by Gasteiger charge is 2.47. The summed E-state index contributed by atoms with van der Waals surface area (Å²) >= 11 is 1.45. The fourth-order valence-corrected chi connectivity index (χ4v) is 5.79. The highest BCUT2D eigenvalue weighted by Crippen LogP contribution is 2.45. The highest BCUT2D eigenvalue weighted by molar-refractivity contribution is 7.22. The van der Waals surface area contributed by atoms with Crippen LogP contribution in [0.1, 0.15) is 27.5 Å². The first-order valence-electron chi connectivity index (χ1n) is 9.72. The van der Waals surface area contributed by atoms with Crippen molar-refractivity contribution in [3.8, 4) is 0 Å². The number of aryl methyl sites for hydroxylation is 1. The molecule has 1 aromatic heterocycles. The molecule has 1 amide bonds. The zero-order chi connectivity index (χ0) is 19.4. The molecule has 0 aliphatic carbocycles. The fraction of sp³-hybridized carbons (Fsp3) is 0.364. The van der Waals surface area contributed by atoms with Gasteiger partial charge in [-0.05, 0) is 49.2 Å². The van der Waals surface area contributed by atoms with Gasteiger partial charge < -0.3 is 10.6 Å². The molecular formula is C22H24N4OS. The Morgan fingerprint density at radius 1 is 1.18 bits per heavy atom. The minimum atomic E-state index is 0.106. The van der Waals surface area contributed by atoms with E-state index in [1.165, 1.54) is 22.5 Å². The molecule has 3 heterocycles. The Kier molecular flexibility index (Phi) is 4.14. The van der Waals surface area contributed by atoms with E-state index < -0.39 is 0 Å². The summed E-state index contributed by atoms with van der Waals surface area (Å²) in [4.78, 5) is 22.0. The quantitative estimate of drug-likeness (QED) is 0.724. The Bertz CT molecular complexity index is 1060. The lowest BCUT2D eigenvalue weighted by Gasteiger charge is -2.28. The molecule has 2 N–H and O–H groups in total. The molecule has 5 nitrogen and oxygen atoms in total. The van der Waals surface area contributed by atoms with E-state index in [2.05, 4.69) is 48.1 Å². The number of fused-ring (bicyclic) bond motifs is 2. The van der Waals surface area contributed by atoms with Crippen LogP contribution in [0.4, 0.5) is 5.13 Å². The maximum atomic E-state index is 13.2. The van der Waals surface area contributed by atoms with Crippen LogP contribution >= 0.6 is 11.3 Å². The van der Waals surface area contributed by atoms with Gasteiger partial charge in [-0.25, -0.2) is 4.98 Å². The topological polar surface area (TPSA) is 62.5 Å². The molecule has 0 spiro atoms. The van der Waals surface area contributed by atoms with Gasteiger partial charge >= 0.3 is 0 Å². The number of anilines is 1. The number of rotatable bonds is 2. The Morgan fingerprint density at radius 3 is 2.82 bits per heavy atom. The second-order valence-corrected chi connectivity index (χ2v) is 9.17. The average molecular weight is 393 g/mol. The van der Waals surface area contributed by atoms with Crippen molar-refractivity contribution in [2.75, 3.05) is 32.4 Å². The number of nitrogen functional groups attached to an aromatic ring is 1. The molecule has 6 heteroatoms. The second kappa shape index (κ2) is 6.57.